The number of halogens is 2. The molecule has 7 heteroatoms. The van der Waals surface area contributed by atoms with E-state index < -0.39 is 30.1 Å². The van der Waals surface area contributed by atoms with Gasteiger partial charge in [-0.3, -0.25) is 9.59 Å². The maximum Gasteiger partial charge on any atom is 0.316 e. The fourth-order valence-electron chi connectivity index (χ4n) is 2.31. The van der Waals surface area contributed by atoms with E-state index in [1.807, 2.05) is 39.0 Å². The van der Waals surface area contributed by atoms with Gasteiger partial charge in [-0.15, -0.1) is 11.8 Å². The van der Waals surface area contributed by atoms with Crippen LogP contribution in [0.5, 0.6) is 0 Å². The summed E-state index contributed by atoms with van der Waals surface area (Å²) in [6, 6.07) is 8.68. The lowest BCUT2D eigenvalue weighted by Gasteiger charge is -2.15. The molecule has 2 aromatic carbocycles. The number of ether oxygens (including phenoxy) is 1. The van der Waals surface area contributed by atoms with Crippen LogP contribution in [-0.2, 0) is 14.3 Å². The maximum atomic E-state index is 13.5. The third-order valence-corrected chi connectivity index (χ3v) is 5.02. The van der Waals surface area contributed by atoms with Gasteiger partial charge in [-0.2, -0.15) is 0 Å². The highest BCUT2D eigenvalue weighted by Gasteiger charge is 2.14. The van der Waals surface area contributed by atoms with Crippen molar-refractivity contribution >= 4 is 23.6 Å². The molecule has 0 saturated carbocycles. The lowest BCUT2D eigenvalue weighted by molar-refractivity contribution is -0.146. The van der Waals surface area contributed by atoms with Crippen LogP contribution >= 0.6 is 11.8 Å². The van der Waals surface area contributed by atoms with E-state index in [0.29, 0.717) is 0 Å². The summed E-state index contributed by atoms with van der Waals surface area (Å²) in [6.45, 7) is 5.41. The molecule has 2 aromatic rings. The van der Waals surface area contributed by atoms with Crippen molar-refractivity contribution in [2.24, 2.45) is 0 Å². The monoisotopic (exact) mass is 393 g/mol. The van der Waals surface area contributed by atoms with E-state index in [1.54, 1.807) is 0 Å². The van der Waals surface area contributed by atoms with Crippen molar-refractivity contribution in [3.05, 3.63) is 64.7 Å². The Hall–Kier alpha value is -2.41. The molecule has 0 heterocycles. The smallest absolute Gasteiger partial charge is 0.316 e. The van der Waals surface area contributed by atoms with Gasteiger partial charge in [0.25, 0.3) is 5.91 Å². The zero-order valence-electron chi connectivity index (χ0n) is 15.3. The topological polar surface area (TPSA) is 55.4 Å². The van der Waals surface area contributed by atoms with Crippen LogP contribution in [0.15, 0.2) is 41.3 Å². The molecule has 0 saturated heterocycles. The molecule has 1 amide bonds. The first-order chi connectivity index (χ1) is 12.8. The molecule has 144 valence electrons. The number of esters is 1. The molecule has 0 bridgehead atoms. The minimum Gasteiger partial charge on any atom is -0.455 e. The number of benzene rings is 2. The van der Waals surface area contributed by atoms with E-state index in [2.05, 4.69) is 5.32 Å². The van der Waals surface area contributed by atoms with Gasteiger partial charge in [-0.05, 0) is 55.7 Å². The van der Waals surface area contributed by atoms with Crippen LogP contribution < -0.4 is 5.32 Å². The van der Waals surface area contributed by atoms with E-state index in [4.69, 9.17) is 4.74 Å². The molecule has 0 aliphatic heterocycles. The normalized spacial score (nSPS) is 11.7. The highest BCUT2D eigenvalue weighted by molar-refractivity contribution is 8.00. The average molecular weight is 393 g/mol. The van der Waals surface area contributed by atoms with Crippen molar-refractivity contribution in [2.45, 2.75) is 31.7 Å². The molecule has 0 fully saturated rings. The molecular weight excluding hydrogens is 372 g/mol. The Morgan fingerprint density at radius 1 is 1.11 bits per heavy atom. The third-order valence-electron chi connectivity index (χ3n) is 4.01. The van der Waals surface area contributed by atoms with Crippen molar-refractivity contribution < 1.29 is 23.1 Å². The van der Waals surface area contributed by atoms with Crippen LogP contribution in [0.25, 0.3) is 0 Å². The highest BCUT2D eigenvalue weighted by atomic mass is 32.2. The standard InChI is InChI=1S/C20H21F2NO3S/c1-12-4-5-15(8-13(12)2)14(3)23-19(24)10-26-20(25)11-27-18-9-16(21)6-7-17(18)22/h4-9,14H,10-11H2,1-3H3,(H,23,24)/t14-/m0/s1. The van der Waals surface area contributed by atoms with Crippen LogP contribution in [0.4, 0.5) is 8.78 Å². The second-order valence-corrected chi connectivity index (χ2v) is 7.17. The largest absolute Gasteiger partial charge is 0.455 e. The third kappa shape index (κ3) is 6.36. The van der Waals surface area contributed by atoms with E-state index in [0.717, 1.165) is 41.1 Å². The maximum absolute atomic E-state index is 13.5. The molecule has 0 aliphatic carbocycles. The van der Waals surface area contributed by atoms with Gasteiger partial charge in [0, 0.05) is 4.90 Å². The van der Waals surface area contributed by atoms with Crippen molar-refractivity contribution in [1.82, 2.24) is 5.32 Å². The molecule has 0 radical (unpaired) electrons. The molecule has 0 unspecified atom stereocenters. The second-order valence-electron chi connectivity index (χ2n) is 6.16. The Morgan fingerprint density at radius 2 is 1.85 bits per heavy atom. The molecule has 0 aromatic heterocycles. The summed E-state index contributed by atoms with van der Waals surface area (Å²) in [5.41, 5.74) is 3.25. The summed E-state index contributed by atoms with van der Waals surface area (Å²) < 4.78 is 31.5. The quantitative estimate of drug-likeness (QED) is 0.569. The van der Waals surface area contributed by atoms with Crippen molar-refractivity contribution in [3.63, 3.8) is 0 Å². The number of carbonyl (C=O) groups excluding carboxylic acids is 2. The highest BCUT2D eigenvalue weighted by Crippen LogP contribution is 2.22. The van der Waals surface area contributed by atoms with Gasteiger partial charge in [-0.1, -0.05) is 18.2 Å². The van der Waals surface area contributed by atoms with Gasteiger partial charge in [-0.25, -0.2) is 8.78 Å². The number of amides is 1. The van der Waals surface area contributed by atoms with Crippen molar-refractivity contribution in [3.8, 4) is 0 Å². The fraction of sp³-hybridized carbons (Fsp3) is 0.300. The van der Waals surface area contributed by atoms with E-state index >= 15 is 0 Å². The Morgan fingerprint density at radius 3 is 2.56 bits per heavy atom. The van der Waals surface area contributed by atoms with E-state index in [9.17, 15) is 18.4 Å². The number of nitrogens with one attached hydrogen (secondary N) is 1. The lowest BCUT2D eigenvalue weighted by atomic mass is 10.0. The summed E-state index contributed by atoms with van der Waals surface area (Å²) in [6.07, 6.45) is 0. The summed E-state index contributed by atoms with van der Waals surface area (Å²) >= 11 is 0.813. The van der Waals surface area contributed by atoms with Gasteiger partial charge >= 0.3 is 5.97 Å². The molecule has 4 nitrogen and oxygen atoms in total. The molecule has 2 rings (SSSR count). The van der Waals surface area contributed by atoms with Gasteiger partial charge in [0.2, 0.25) is 0 Å². The number of rotatable bonds is 7. The minimum atomic E-state index is -0.683. The first kappa shape index (κ1) is 20.9. The van der Waals surface area contributed by atoms with Gasteiger partial charge < -0.3 is 10.1 Å². The lowest BCUT2D eigenvalue weighted by Crippen LogP contribution is -2.31. The van der Waals surface area contributed by atoms with Gasteiger partial charge in [0.1, 0.15) is 11.6 Å². The summed E-state index contributed by atoms with van der Waals surface area (Å²) in [5, 5.41) is 2.76. The van der Waals surface area contributed by atoms with E-state index in [1.165, 1.54) is 5.56 Å². The Balaban J connectivity index is 1.78. The second kappa shape index (κ2) is 9.50. The Kier molecular flexibility index (Phi) is 7.36. The van der Waals surface area contributed by atoms with Crippen molar-refractivity contribution in [2.75, 3.05) is 12.4 Å². The predicted molar refractivity (Wildman–Crippen MR) is 101 cm³/mol. The number of aryl methyl sites for hydroxylation is 2. The van der Waals surface area contributed by atoms with E-state index in [-0.39, 0.29) is 16.7 Å². The molecule has 1 atom stereocenters. The predicted octanol–water partition coefficient (Wildman–Crippen LogP) is 4.09. The zero-order chi connectivity index (χ0) is 20.0. The summed E-state index contributed by atoms with van der Waals surface area (Å²) in [7, 11) is 0. The Labute approximate surface area is 161 Å². The number of carbonyl (C=O) groups is 2. The number of hydrogen-bond donors (Lipinski definition) is 1. The average Bonchev–Trinajstić information content (AvgIpc) is 2.62. The minimum absolute atomic E-state index is 0.0137. The van der Waals surface area contributed by atoms with Crippen molar-refractivity contribution in [1.29, 1.82) is 0 Å². The Bertz CT molecular complexity index is 842. The SMILES string of the molecule is Cc1ccc([C@H](C)NC(=O)COC(=O)CSc2cc(F)ccc2F)cc1C. The van der Waals surface area contributed by atoms with Crippen LogP contribution in [-0.4, -0.2) is 24.2 Å². The summed E-state index contributed by atoms with van der Waals surface area (Å²) in [5.74, 6) is -2.55. The number of thioether (sulfide) groups is 1. The van der Waals surface area contributed by atoms with Crippen LogP contribution in [0.3, 0.4) is 0 Å². The summed E-state index contributed by atoms with van der Waals surface area (Å²) in [4.78, 5) is 23.7. The number of hydrogen-bond acceptors (Lipinski definition) is 4. The van der Waals surface area contributed by atoms with Crippen LogP contribution in [0, 0.1) is 25.5 Å². The van der Waals surface area contributed by atoms with Crippen LogP contribution in [0.2, 0.25) is 0 Å². The van der Waals surface area contributed by atoms with Gasteiger partial charge in [0.05, 0.1) is 11.8 Å². The van der Waals surface area contributed by atoms with Gasteiger partial charge in [0.15, 0.2) is 6.61 Å². The first-order valence-corrected chi connectivity index (χ1v) is 9.35. The van der Waals surface area contributed by atoms with Crippen LogP contribution in [0.1, 0.15) is 29.7 Å². The molecular formula is C20H21F2NO3S. The fourth-order valence-corrected chi connectivity index (χ4v) is 3.07. The zero-order valence-corrected chi connectivity index (χ0v) is 16.2. The molecule has 1 N–H and O–H groups in total. The first-order valence-electron chi connectivity index (χ1n) is 8.36. The molecule has 27 heavy (non-hydrogen) atoms. The molecule has 0 spiro atoms. The molecule has 0 aliphatic rings.